The first-order chi connectivity index (χ1) is 11.0. The molecule has 2 heterocycles. The van der Waals surface area contributed by atoms with Crippen LogP contribution >= 0.6 is 0 Å². The van der Waals surface area contributed by atoms with E-state index in [1.54, 1.807) is 0 Å². The van der Waals surface area contributed by atoms with E-state index in [9.17, 15) is 9.90 Å². The molecular formula is C19H27NO3. The van der Waals surface area contributed by atoms with E-state index in [1.165, 1.54) is 11.1 Å². The van der Waals surface area contributed by atoms with Gasteiger partial charge in [0.25, 0.3) is 5.91 Å². The average molecular weight is 317 g/mol. The Labute approximate surface area is 138 Å². The first kappa shape index (κ1) is 16.3. The molecular weight excluding hydrogens is 290 g/mol. The summed E-state index contributed by atoms with van der Waals surface area (Å²) in [4.78, 5) is 14.7. The number of amides is 1. The van der Waals surface area contributed by atoms with Gasteiger partial charge in [-0.1, -0.05) is 13.0 Å². The number of fused-ring (bicyclic) bond motifs is 1. The first-order valence-electron chi connectivity index (χ1n) is 8.64. The van der Waals surface area contributed by atoms with Crippen molar-refractivity contribution >= 4 is 5.91 Å². The second kappa shape index (κ2) is 6.16. The predicted octanol–water partition coefficient (Wildman–Crippen LogP) is 2.62. The maximum atomic E-state index is 12.8. The summed E-state index contributed by atoms with van der Waals surface area (Å²) in [5.41, 5.74) is 3.59. The van der Waals surface area contributed by atoms with Crippen molar-refractivity contribution in [1.29, 1.82) is 0 Å². The standard InChI is InChI=1S/C19H27NO3/c1-4-19(12-21)5-7-20(8-6-19)18(22)17-11-15-9-13(2)14(3)10-16(15)23-17/h9-10,17,21H,4-8,11-12H2,1-3H3. The highest BCUT2D eigenvalue weighted by molar-refractivity contribution is 5.82. The van der Waals surface area contributed by atoms with Gasteiger partial charge in [-0.3, -0.25) is 4.79 Å². The topological polar surface area (TPSA) is 49.8 Å². The molecule has 0 radical (unpaired) electrons. The zero-order valence-electron chi connectivity index (χ0n) is 14.4. The number of hydrogen-bond acceptors (Lipinski definition) is 3. The monoisotopic (exact) mass is 317 g/mol. The van der Waals surface area contributed by atoms with Gasteiger partial charge in [-0.25, -0.2) is 0 Å². The molecule has 1 aromatic rings. The van der Waals surface area contributed by atoms with Gasteiger partial charge in [0.05, 0.1) is 0 Å². The molecule has 0 bridgehead atoms. The van der Waals surface area contributed by atoms with Gasteiger partial charge >= 0.3 is 0 Å². The molecule has 1 atom stereocenters. The van der Waals surface area contributed by atoms with Crippen molar-refractivity contribution < 1.29 is 14.6 Å². The number of carbonyl (C=O) groups excluding carboxylic acids is 1. The average Bonchev–Trinajstić information content (AvgIpc) is 2.97. The van der Waals surface area contributed by atoms with Crippen LogP contribution in [0.1, 0.15) is 42.9 Å². The molecule has 4 heteroatoms. The van der Waals surface area contributed by atoms with Gasteiger partial charge in [0.2, 0.25) is 0 Å². The third-order valence-electron chi connectivity index (χ3n) is 5.85. The molecule has 0 spiro atoms. The maximum Gasteiger partial charge on any atom is 0.263 e. The zero-order valence-corrected chi connectivity index (χ0v) is 14.4. The van der Waals surface area contributed by atoms with Crippen LogP contribution in [0, 0.1) is 19.3 Å². The van der Waals surface area contributed by atoms with E-state index in [4.69, 9.17) is 4.74 Å². The van der Waals surface area contributed by atoms with Gasteiger partial charge in [0.15, 0.2) is 6.10 Å². The van der Waals surface area contributed by atoms with Crippen molar-refractivity contribution in [2.45, 2.75) is 52.6 Å². The van der Waals surface area contributed by atoms with Crippen LogP contribution in [0.5, 0.6) is 5.75 Å². The molecule has 4 nitrogen and oxygen atoms in total. The number of carbonyl (C=O) groups is 1. The third-order valence-corrected chi connectivity index (χ3v) is 5.85. The summed E-state index contributed by atoms with van der Waals surface area (Å²) in [5, 5.41) is 9.62. The number of rotatable bonds is 3. The van der Waals surface area contributed by atoms with E-state index in [1.807, 2.05) is 11.0 Å². The quantitative estimate of drug-likeness (QED) is 0.932. The van der Waals surface area contributed by atoms with Crippen molar-refractivity contribution in [1.82, 2.24) is 4.90 Å². The van der Waals surface area contributed by atoms with Crippen LogP contribution in [0.3, 0.4) is 0 Å². The molecule has 2 aliphatic heterocycles. The molecule has 3 rings (SSSR count). The number of aryl methyl sites for hydroxylation is 2. The Kier molecular flexibility index (Phi) is 4.37. The number of benzene rings is 1. The lowest BCUT2D eigenvalue weighted by Gasteiger charge is -2.40. The van der Waals surface area contributed by atoms with Crippen molar-refractivity contribution in [3.8, 4) is 5.75 Å². The fraction of sp³-hybridized carbons (Fsp3) is 0.632. The van der Waals surface area contributed by atoms with Crippen LogP contribution in [0.4, 0.5) is 0 Å². The highest BCUT2D eigenvalue weighted by Gasteiger charge is 2.38. The van der Waals surface area contributed by atoms with Crippen molar-refractivity contribution in [2.75, 3.05) is 19.7 Å². The molecule has 126 valence electrons. The van der Waals surface area contributed by atoms with E-state index >= 15 is 0 Å². The van der Waals surface area contributed by atoms with E-state index in [0.29, 0.717) is 6.42 Å². The molecule has 1 saturated heterocycles. The molecule has 2 aliphatic rings. The van der Waals surface area contributed by atoms with Crippen LogP contribution in [-0.2, 0) is 11.2 Å². The molecule has 1 amide bonds. The Morgan fingerprint density at radius 3 is 2.57 bits per heavy atom. The molecule has 1 N–H and O–H groups in total. The minimum Gasteiger partial charge on any atom is -0.480 e. The van der Waals surface area contributed by atoms with E-state index < -0.39 is 0 Å². The first-order valence-corrected chi connectivity index (χ1v) is 8.64. The Hall–Kier alpha value is -1.55. The second-order valence-electron chi connectivity index (χ2n) is 7.19. The van der Waals surface area contributed by atoms with Crippen LogP contribution in [0.2, 0.25) is 0 Å². The van der Waals surface area contributed by atoms with Gasteiger partial charge in [-0.2, -0.15) is 0 Å². The summed E-state index contributed by atoms with van der Waals surface area (Å²) in [7, 11) is 0. The molecule has 1 fully saturated rings. The summed E-state index contributed by atoms with van der Waals surface area (Å²) in [5.74, 6) is 0.959. The van der Waals surface area contributed by atoms with Gasteiger partial charge in [0.1, 0.15) is 5.75 Å². The normalized spacial score (nSPS) is 22.6. The number of nitrogens with zero attached hydrogens (tertiary/aromatic N) is 1. The number of aliphatic hydroxyl groups is 1. The lowest BCUT2D eigenvalue weighted by atomic mass is 9.77. The van der Waals surface area contributed by atoms with Crippen LogP contribution in [0.15, 0.2) is 12.1 Å². The van der Waals surface area contributed by atoms with Gasteiger partial charge in [-0.05, 0) is 61.3 Å². The van der Waals surface area contributed by atoms with Crippen molar-refractivity contribution in [3.05, 3.63) is 28.8 Å². The van der Waals surface area contributed by atoms with Crippen LogP contribution in [0.25, 0.3) is 0 Å². The summed E-state index contributed by atoms with van der Waals surface area (Å²) >= 11 is 0. The van der Waals surface area contributed by atoms with Crippen molar-refractivity contribution in [3.63, 3.8) is 0 Å². The fourth-order valence-electron chi connectivity index (χ4n) is 3.68. The fourth-order valence-corrected chi connectivity index (χ4v) is 3.68. The Morgan fingerprint density at radius 1 is 1.30 bits per heavy atom. The zero-order chi connectivity index (χ0) is 16.6. The SMILES string of the molecule is CCC1(CO)CCN(C(=O)C2Cc3cc(C)c(C)cc3O2)CC1. The lowest BCUT2D eigenvalue weighted by molar-refractivity contribution is -0.140. The number of likely N-dealkylation sites (tertiary alicyclic amines) is 1. The lowest BCUT2D eigenvalue weighted by Crippen LogP contribution is -2.48. The Balaban J connectivity index is 1.65. The highest BCUT2D eigenvalue weighted by Crippen LogP contribution is 2.36. The summed E-state index contributed by atoms with van der Waals surface area (Å²) in [6, 6.07) is 4.18. The third kappa shape index (κ3) is 2.97. The predicted molar refractivity (Wildman–Crippen MR) is 89.7 cm³/mol. The molecule has 0 aliphatic carbocycles. The minimum atomic E-state index is -0.380. The van der Waals surface area contributed by atoms with Crippen LogP contribution in [-0.4, -0.2) is 41.7 Å². The number of ether oxygens (including phenoxy) is 1. The van der Waals surface area contributed by atoms with Crippen LogP contribution < -0.4 is 4.74 Å². The summed E-state index contributed by atoms with van der Waals surface area (Å²) in [6.07, 6.45) is 3.02. The summed E-state index contributed by atoms with van der Waals surface area (Å²) in [6.45, 7) is 7.94. The van der Waals surface area contributed by atoms with Crippen molar-refractivity contribution in [2.24, 2.45) is 5.41 Å². The van der Waals surface area contributed by atoms with E-state index in [2.05, 4.69) is 26.8 Å². The molecule has 23 heavy (non-hydrogen) atoms. The smallest absolute Gasteiger partial charge is 0.263 e. The Bertz CT molecular complexity index is 566. The maximum absolute atomic E-state index is 12.8. The van der Waals surface area contributed by atoms with Gasteiger partial charge < -0.3 is 14.7 Å². The molecule has 1 unspecified atom stereocenters. The number of piperidine rings is 1. The molecule has 1 aromatic carbocycles. The minimum absolute atomic E-state index is 0.00446. The molecule has 0 aromatic heterocycles. The molecule has 0 saturated carbocycles. The van der Waals surface area contributed by atoms with E-state index in [-0.39, 0.29) is 24.0 Å². The summed E-state index contributed by atoms with van der Waals surface area (Å²) < 4.78 is 5.92. The van der Waals surface area contributed by atoms with Gasteiger partial charge in [-0.15, -0.1) is 0 Å². The Morgan fingerprint density at radius 2 is 1.96 bits per heavy atom. The highest BCUT2D eigenvalue weighted by atomic mass is 16.5. The van der Waals surface area contributed by atoms with E-state index in [0.717, 1.165) is 43.7 Å². The largest absolute Gasteiger partial charge is 0.480 e. The number of aliphatic hydroxyl groups excluding tert-OH is 1. The van der Waals surface area contributed by atoms with Gasteiger partial charge in [0, 0.05) is 26.1 Å². The second-order valence-corrected chi connectivity index (χ2v) is 7.19. The number of hydrogen-bond donors (Lipinski definition) is 1.